The van der Waals surface area contributed by atoms with Gasteiger partial charge in [0.05, 0.1) is 4.90 Å². The number of benzene rings is 1. The number of nitrogens with zero attached hydrogens (tertiary/aromatic N) is 2. The standard InChI is InChI=1S/C18H25ClN2O3S/c19-16-5-7-17(8-6-16)25(23,24)21-13-9-15(10-14-21)18(22)20-11-3-1-2-4-12-20/h5-8,15H,1-4,9-14H2. The maximum Gasteiger partial charge on any atom is 0.243 e. The molecule has 2 heterocycles. The van der Waals surface area contributed by atoms with Gasteiger partial charge in [0.2, 0.25) is 15.9 Å². The Morgan fingerprint density at radius 1 is 0.920 bits per heavy atom. The fourth-order valence-electron chi connectivity index (χ4n) is 3.65. The molecule has 2 fully saturated rings. The summed E-state index contributed by atoms with van der Waals surface area (Å²) in [6.07, 6.45) is 5.75. The summed E-state index contributed by atoms with van der Waals surface area (Å²) in [5, 5.41) is 0.515. The molecule has 25 heavy (non-hydrogen) atoms. The smallest absolute Gasteiger partial charge is 0.243 e. The van der Waals surface area contributed by atoms with Crippen LogP contribution in [-0.4, -0.2) is 49.7 Å². The average Bonchev–Trinajstić information content (AvgIpc) is 2.91. The lowest BCUT2D eigenvalue weighted by molar-refractivity contribution is -0.136. The molecule has 0 aliphatic carbocycles. The highest BCUT2D eigenvalue weighted by molar-refractivity contribution is 7.89. The lowest BCUT2D eigenvalue weighted by Crippen LogP contribution is -2.44. The maximum atomic E-state index is 12.7. The Balaban J connectivity index is 1.61. The van der Waals surface area contributed by atoms with Crippen LogP contribution in [0.4, 0.5) is 0 Å². The van der Waals surface area contributed by atoms with E-state index >= 15 is 0 Å². The van der Waals surface area contributed by atoms with Gasteiger partial charge in [-0.2, -0.15) is 4.31 Å². The van der Waals surface area contributed by atoms with Crippen molar-refractivity contribution < 1.29 is 13.2 Å². The summed E-state index contributed by atoms with van der Waals surface area (Å²) in [7, 11) is -3.51. The summed E-state index contributed by atoms with van der Waals surface area (Å²) < 4.78 is 26.9. The number of piperidine rings is 1. The Bertz CT molecular complexity index is 690. The van der Waals surface area contributed by atoms with Gasteiger partial charge in [-0.15, -0.1) is 0 Å². The van der Waals surface area contributed by atoms with Crippen molar-refractivity contribution in [1.82, 2.24) is 9.21 Å². The van der Waals surface area contributed by atoms with Gasteiger partial charge in [-0.3, -0.25) is 4.79 Å². The highest BCUT2D eigenvalue weighted by Crippen LogP contribution is 2.26. The highest BCUT2D eigenvalue weighted by Gasteiger charge is 2.33. The molecule has 1 aromatic rings. The van der Waals surface area contributed by atoms with E-state index in [1.165, 1.54) is 29.3 Å². The first kappa shape index (κ1) is 18.7. The fourth-order valence-corrected chi connectivity index (χ4v) is 5.24. The second-order valence-corrected chi connectivity index (χ2v) is 9.25. The molecule has 0 atom stereocenters. The topological polar surface area (TPSA) is 57.7 Å². The Labute approximate surface area is 155 Å². The van der Waals surface area contributed by atoms with Crippen LogP contribution in [0, 0.1) is 5.92 Å². The second-order valence-electron chi connectivity index (χ2n) is 6.87. The summed E-state index contributed by atoms with van der Waals surface area (Å²) in [5.74, 6) is 0.167. The van der Waals surface area contributed by atoms with Crippen molar-refractivity contribution in [2.45, 2.75) is 43.4 Å². The van der Waals surface area contributed by atoms with Crippen LogP contribution in [-0.2, 0) is 14.8 Å². The summed E-state index contributed by atoms with van der Waals surface area (Å²) in [6.45, 7) is 2.49. The van der Waals surface area contributed by atoms with E-state index in [4.69, 9.17) is 11.6 Å². The molecule has 2 saturated heterocycles. The molecule has 0 saturated carbocycles. The maximum absolute atomic E-state index is 12.7. The fraction of sp³-hybridized carbons (Fsp3) is 0.611. The zero-order valence-corrected chi connectivity index (χ0v) is 15.9. The predicted molar refractivity (Wildman–Crippen MR) is 98.0 cm³/mol. The van der Waals surface area contributed by atoms with Gasteiger partial charge in [0.15, 0.2) is 0 Å². The zero-order valence-electron chi connectivity index (χ0n) is 14.4. The molecule has 0 radical (unpaired) electrons. The van der Waals surface area contributed by atoms with Crippen LogP contribution in [0.25, 0.3) is 0 Å². The third-order valence-electron chi connectivity index (χ3n) is 5.17. The van der Waals surface area contributed by atoms with Gasteiger partial charge >= 0.3 is 0 Å². The second kappa shape index (κ2) is 8.06. The van der Waals surface area contributed by atoms with E-state index in [-0.39, 0.29) is 16.7 Å². The zero-order chi connectivity index (χ0) is 17.9. The number of carbonyl (C=O) groups excluding carboxylic acids is 1. The number of halogens is 1. The number of hydrogen-bond acceptors (Lipinski definition) is 3. The number of carbonyl (C=O) groups is 1. The molecule has 5 nitrogen and oxygen atoms in total. The lowest BCUT2D eigenvalue weighted by Gasteiger charge is -2.33. The average molecular weight is 385 g/mol. The van der Waals surface area contributed by atoms with Crippen LogP contribution >= 0.6 is 11.6 Å². The quantitative estimate of drug-likeness (QED) is 0.804. The van der Waals surface area contributed by atoms with Crippen molar-refractivity contribution in [2.75, 3.05) is 26.2 Å². The molecular formula is C18H25ClN2O3S. The molecule has 3 rings (SSSR count). The monoisotopic (exact) mass is 384 g/mol. The molecule has 138 valence electrons. The van der Waals surface area contributed by atoms with Crippen LogP contribution in [0.2, 0.25) is 5.02 Å². The number of rotatable bonds is 3. The van der Waals surface area contributed by atoms with Crippen LogP contribution in [0.1, 0.15) is 38.5 Å². The SMILES string of the molecule is O=C(C1CCN(S(=O)(=O)c2ccc(Cl)cc2)CC1)N1CCCCCC1. The van der Waals surface area contributed by atoms with E-state index in [1.807, 2.05) is 4.90 Å². The van der Waals surface area contributed by atoms with Gasteiger partial charge in [-0.1, -0.05) is 24.4 Å². The third-order valence-corrected chi connectivity index (χ3v) is 7.34. The van der Waals surface area contributed by atoms with E-state index in [0.29, 0.717) is 31.0 Å². The molecule has 0 aromatic heterocycles. The van der Waals surface area contributed by atoms with Gasteiger partial charge in [-0.25, -0.2) is 8.42 Å². The van der Waals surface area contributed by atoms with Crippen molar-refractivity contribution in [1.29, 1.82) is 0 Å². The van der Waals surface area contributed by atoms with Crippen molar-refractivity contribution >= 4 is 27.5 Å². The first-order valence-electron chi connectivity index (χ1n) is 9.03. The lowest BCUT2D eigenvalue weighted by atomic mass is 9.96. The van der Waals surface area contributed by atoms with E-state index in [2.05, 4.69) is 0 Å². The number of hydrogen-bond donors (Lipinski definition) is 0. The van der Waals surface area contributed by atoms with E-state index in [0.717, 1.165) is 25.9 Å². The largest absolute Gasteiger partial charge is 0.342 e. The Hall–Kier alpha value is -1.11. The van der Waals surface area contributed by atoms with E-state index in [9.17, 15) is 13.2 Å². The van der Waals surface area contributed by atoms with Gasteiger partial charge in [0.1, 0.15) is 0 Å². The van der Waals surface area contributed by atoms with Crippen LogP contribution in [0.15, 0.2) is 29.2 Å². The van der Waals surface area contributed by atoms with Crippen molar-refractivity contribution in [3.63, 3.8) is 0 Å². The Kier molecular flexibility index (Phi) is 6.02. The minimum atomic E-state index is -3.51. The Morgan fingerprint density at radius 3 is 2.04 bits per heavy atom. The molecule has 1 amide bonds. The molecule has 7 heteroatoms. The molecule has 0 unspecified atom stereocenters. The highest BCUT2D eigenvalue weighted by atomic mass is 35.5. The molecule has 2 aliphatic rings. The number of amides is 1. The van der Waals surface area contributed by atoms with Gasteiger partial charge in [0, 0.05) is 37.1 Å². The van der Waals surface area contributed by atoms with Crippen LogP contribution in [0.3, 0.4) is 0 Å². The normalized spacial score (nSPS) is 21.1. The molecule has 0 bridgehead atoms. The van der Waals surface area contributed by atoms with Crippen LogP contribution in [0.5, 0.6) is 0 Å². The predicted octanol–water partition coefficient (Wildman–Crippen LogP) is 3.14. The first-order chi connectivity index (χ1) is 12.0. The minimum Gasteiger partial charge on any atom is -0.342 e. The number of likely N-dealkylation sites (tertiary alicyclic amines) is 1. The van der Waals surface area contributed by atoms with E-state index in [1.54, 1.807) is 12.1 Å². The summed E-state index contributed by atoms with van der Waals surface area (Å²) >= 11 is 5.84. The van der Waals surface area contributed by atoms with Gasteiger partial charge in [0.25, 0.3) is 0 Å². The molecule has 2 aliphatic heterocycles. The minimum absolute atomic E-state index is 0.0465. The third kappa shape index (κ3) is 4.36. The summed E-state index contributed by atoms with van der Waals surface area (Å²) in [4.78, 5) is 15.0. The van der Waals surface area contributed by atoms with Crippen LogP contribution < -0.4 is 0 Å². The Morgan fingerprint density at radius 2 is 1.48 bits per heavy atom. The molecular weight excluding hydrogens is 360 g/mol. The van der Waals surface area contributed by atoms with Crippen molar-refractivity contribution in [2.24, 2.45) is 5.92 Å². The number of sulfonamides is 1. The molecule has 1 aromatic carbocycles. The molecule has 0 N–H and O–H groups in total. The first-order valence-corrected chi connectivity index (χ1v) is 10.8. The van der Waals surface area contributed by atoms with Gasteiger partial charge in [-0.05, 0) is 49.9 Å². The summed E-state index contributed by atoms with van der Waals surface area (Å²) in [6, 6.07) is 6.24. The van der Waals surface area contributed by atoms with E-state index < -0.39 is 10.0 Å². The van der Waals surface area contributed by atoms with Crippen molar-refractivity contribution in [3.05, 3.63) is 29.3 Å². The van der Waals surface area contributed by atoms with Crippen molar-refractivity contribution in [3.8, 4) is 0 Å². The van der Waals surface area contributed by atoms with Gasteiger partial charge < -0.3 is 4.90 Å². The molecule has 0 spiro atoms. The summed E-state index contributed by atoms with van der Waals surface area (Å²) in [5.41, 5.74) is 0.